The Hall–Kier alpha value is -2.15. The molecule has 29 heavy (non-hydrogen) atoms. The maximum atomic E-state index is 13.2. The van der Waals surface area contributed by atoms with E-state index in [-0.39, 0.29) is 11.9 Å². The Kier molecular flexibility index (Phi) is 6.77. The normalized spacial score (nSPS) is 22.6. The molecule has 2 unspecified atom stereocenters. The summed E-state index contributed by atoms with van der Waals surface area (Å²) >= 11 is 0. The second-order valence-corrected chi connectivity index (χ2v) is 7.50. The van der Waals surface area contributed by atoms with E-state index >= 15 is 0 Å². The van der Waals surface area contributed by atoms with E-state index in [1.807, 2.05) is 6.92 Å². The van der Waals surface area contributed by atoms with Crippen LogP contribution in [-0.4, -0.2) is 30.3 Å². The van der Waals surface area contributed by atoms with E-state index in [0.29, 0.717) is 23.7 Å². The van der Waals surface area contributed by atoms with Gasteiger partial charge in [0.25, 0.3) is 0 Å². The van der Waals surface area contributed by atoms with Crippen molar-refractivity contribution in [2.45, 2.75) is 69.8 Å². The van der Waals surface area contributed by atoms with E-state index in [2.05, 4.69) is 4.98 Å². The van der Waals surface area contributed by atoms with Gasteiger partial charge in [0.15, 0.2) is 0 Å². The molecule has 0 amide bonds. The fourth-order valence-corrected chi connectivity index (χ4v) is 4.12. The highest BCUT2D eigenvalue weighted by Crippen LogP contribution is 2.40. The van der Waals surface area contributed by atoms with Crippen molar-refractivity contribution in [2.24, 2.45) is 0 Å². The Balaban J connectivity index is 1.93. The number of benzene rings is 1. The summed E-state index contributed by atoms with van der Waals surface area (Å²) in [6, 6.07) is 5.35. The van der Waals surface area contributed by atoms with Crippen LogP contribution in [0.5, 0.6) is 0 Å². The predicted molar refractivity (Wildman–Crippen MR) is 104 cm³/mol. The number of fused-ring (bicyclic) bond motifs is 1. The lowest BCUT2D eigenvalue weighted by Gasteiger charge is -2.37. The zero-order valence-corrected chi connectivity index (χ0v) is 16.7. The third-order valence-electron chi connectivity index (χ3n) is 5.56. The molecule has 0 saturated heterocycles. The van der Waals surface area contributed by atoms with Crippen molar-refractivity contribution in [3.05, 3.63) is 41.6 Å². The van der Waals surface area contributed by atoms with Gasteiger partial charge in [-0.25, -0.2) is 0 Å². The molecule has 0 N–H and O–H groups in total. The van der Waals surface area contributed by atoms with Crippen LogP contribution in [0, 0.1) is 0 Å². The first kappa shape index (κ1) is 21.6. The largest absolute Gasteiger partial charge is 0.460 e. The summed E-state index contributed by atoms with van der Waals surface area (Å²) in [6.45, 7) is 2.01. The van der Waals surface area contributed by atoms with Gasteiger partial charge in [0.2, 0.25) is 0 Å². The fraction of sp³-hybridized carbons (Fsp3) is 0.545. The summed E-state index contributed by atoms with van der Waals surface area (Å²) in [5.41, 5.74) is 0.557. The van der Waals surface area contributed by atoms with E-state index in [4.69, 9.17) is 9.47 Å². The van der Waals surface area contributed by atoms with E-state index in [1.165, 1.54) is 6.07 Å². The summed E-state index contributed by atoms with van der Waals surface area (Å²) in [5.74, 6) is -0.426. The number of halogens is 3. The second-order valence-electron chi connectivity index (χ2n) is 7.50. The highest BCUT2D eigenvalue weighted by molar-refractivity contribution is 5.83. The Labute approximate surface area is 168 Å². The predicted octanol–water partition coefficient (Wildman–Crippen LogP) is 5.64. The minimum atomic E-state index is -4.42. The number of hydrogen-bond acceptors (Lipinski definition) is 4. The van der Waals surface area contributed by atoms with E-state index in [9.17, 15) is 18.0 Å². The standard InChI is InChI=1S/C22H26F3NO3/c1-3-4-8-20(27)29-19-7-5-6-16(21(19)28-2)15-11-12-26-18-10-9-14(13-17(15)18)22(23,24)25/h9-13,16,19,21H,3-8H2,1-2H3/t16-,19?,21?/m0/s1. The average Bonchev–Trinajstić information content (AvgIpc) is 2.70. The molecule has 1 aliphatic rings. The summed E-state index contributed by atoms with van der Waals surface area (Å²) in [7, 11) is 1.56. The number of esters is 1. The SMILES string of the molecule is CCCCC(=O)OC1CCC[C@@H](c2ccnc3ccc(C(F)(F)F)cc23)C1OC. The molecule has 3 rings (SSSR count). The first-order valence-corrected chi connectivity index (χ1v) is 10.0. The Morgan fingerprint density at radius 3 is 2.72 bits per heavy atom. The van der Waals surface area contributed by atoms with Gasteiger partial charge in [-0.1, -0.05) is 13.3 Å². The summed E-state index contributed by atoms with van der Waals surface area (Å²) in [6.07, 6.45) is 0.635. The van der Waals surface area contributed by atoms with Gasteiger partial charge in [0, 0.05) is 31.0 Å². The number of unbranched alkanes of at least 4 members (excludes halogenated alkanes) is 1. The zero-order valence-electron chi connectivity index (χ0n) is 16.7. The van der Waals surface area contributed by atoms with Crippen molar-refractivity contribution < 1.29 is 27.4 Å². The van der Waals surface area contributed by atoms with Gasteiger partial charge >= 0.3 is 12.1 Å². The van der Waals surface area contributed by atoms with Crippen LogP contribution in [0.4, 0.5) is 13.2 Å². The summed E-state index contributed by atoms with van der Waals surface area (Å²) < 4.78 is 51.1. The van der Waals surface area contributed by atoms with Crippen LogP contribution < -0.4 is 0 Å². The van der Waals surface area contributed by atoms with Gasteiger partial charge in [0.1, 0.15) is 12.2 Å². The van der Waals surface area contributed by atoms with Crippen LogP contribution in [-0.2, 0) is 20.4 Å². The number of alkyl halides is 3. The Morgan fingerprint density at radius 2 is 2.03 bits per heavy atom. The lowest BCUT2D eigenvalue weighted by Crippen LogP contribution is -2.40. The molecule has 158 valence electrons. The first-order chi connectivity index (χ1) is 13.8. The van der Waals surface area contributed by atoms with Crippen LogP contribution in [0.2, 0.25) is 0 Å². The minimum Gasteiger partial charge on any atom is -0.460 e. The fourth-order valence-electron chi connectivity index (χ4n) is 4.12. The minimum absolute atomic E-state index is 0.174. The van der Waals surface area contributed by atoms with Gasteiger partial charge < -0.3 is 9.47 Å². The van der Waals surface area contributed by atoms with E-state index in [0.717, 1.165) is 43.4 Å². The molecule has 0 aliphatic heterocycles. The van der Waals surface area contributed by atoms with Crippen molar-refractivity contribution in [1.29, 1.82) is 0 Å². The van der Waals surface area contributed by atoms with Gasteiger partial charge in [0.05, 0.1) is 11.1 Å². The number of pyridine rings is 1. The zero-order chi connectivity index (χ0) is 21.0. The van der Waals surface area contributed by atoms with Crippen molar-refractivity contribution in [2.75, 3.05) is 7.11 Å². The molecular weight excluding hydrogens is 383 g/mol. The van der Waals surface area contributed by atoms with Gasteiger partial charge in [-0.15, -0.1) is 0 Å². The third-order valence-corrected chi connectivity index (χ3v) is 5.56. The van der Waals surface area contributed by atoms with Crippen molar-refractivity contribution in [3.63, 3.8) is 0 Å². The maximum Gasteiger partial charge on any atom is 0.416 e. The van der Waals surface area contributed by atoms with Crippen LogP contribution in [0.25, 0.3) is 10.9 Å². The van der Waals surface area contributed by atoms with Crippen molar-refractivity contribution in [1.82, 2.24) is 4.98 Å². The van der Waals surface area contributed by atoms with Gasteiger partial charge in [-0.3, -0.25) is 9.78 Å². The lowest BCUT2D eigenvalue weighted by molar-refractivity contribution is -0.160. The molecule has 3 atom stereocenters. The number of rotatable bonds is 6. The van der Waals surface area contributed by atoms with Crippen molar-refractivity contribution in [3.8, 4) is 0 Å². The first-order valence-electron chi connectivity index (χ1n) is 10.0. The molecule has 7 heteroatoms. The smallest absolute Gasteiger partial charge is 0.416 e. The second kappa shape index (κ2) is 9.11. The molecule has 0 radical (unpaired) electrons. The highest BCUT2D eigenvalue weighted by Gasteiger charge is 2.38. The topological polar surface area (TPSA) is 48.4 Å². The molecule has 1 aromatic carbocycles. The molecule has 4 nitrogen and oxygen atoms in total. The molecule has 1 fully saturated rings. The van der Waals surface area contributed by atoms with Crippen LogP contribution >= 0.6 is 0 Å². The molecular formula is C22H26F3NO3. The number of nitrogens with zero attached hydrogens (tertiary/aromatic N) is 1. The number of ether oxygens (including phenoxy) is 2. The van der Waals surface area contributed by atoms with Crippen LogP contribution in [0.1, 0.15) is 62.5 Å². The number of methoxy groups -OCH3 is 1. The number of carbonyl (C=O) groups excluding carboxylic acids is 1. The molecule has 0 spiro atoms. The van der Waals surface area contributed by atoms with Crippen LogP contribution in [0.3, 0.4) is 0 Å². The number of hydrogen-bond donors (Lipinski definition) is 0. The van der Waals surface area contributed by atoms with E-state index < -0.39 is 23.9 Å². The van der Waals surface area contributed by atoms with E-state index in [1.54, 1.807) is 19.4 Å². The Bertz CT molecular complexity index is 853. The molecule has 1 saturated carbocycles. The van der Waals surface area contributed by atoms with Gasteiger partial charge in [-0.05, 0) is 55.5 Å². The quantitative estimate of drug-likeness (QED) is 0.580. The highest BCUT2D eigenvalue weighted by atomic mass is 19.4. The number of aromatic nitrogens is 1. The monoisotopic (exact) mass is 409 g/mol. The van der Waals surface area contributed by atoms with Crippen LogP contribution in [0.15, 0.2) is 30.5 Å². The Morgan fingerprint density at radius 1 is 1.24 bits per heavy atom. The molecule has 2 aromatic rings. The molecule has 1 heterocycles. The summed E-state index contributed by atoms with van der Waals surface area (Å²) in [4.78, 5) is 16.3. The van der Waals surface area contributed by atoms with Crippen molar-refractivity contribution >= 4 is 16.9 Å². The maximum absolute atomic E-state index is 13.2. The van der Waals surface area contributed by atoms with Gasteiger partial charge in [-0.2, -0.15) is 13.2 Å². The molecule has 0 bridgehead atoms. The lowest BCUT2D eigenvalue weighted by atomic mass is 9.78. The average molecular weight is 409 g/mol. The number of carbonyl (C=O) groups is 1. The molecule has 1 aromatic heterocycles. The summed E-state index contributed by atoms with van der Waals surface area (Å²) in [5, 5.41) is 0.465. The molecule has 1 aliphatic carbocycles. The third kappa shape index (κ3) is 4.89.